The van der Waals surface area contributed by atoms with Gasteiger partial charge in [0.2, 0.25) is 5.91 Å². The Kier molecular flexibility index (Phi) is 12.9. The van der Waals surface area contributed by atoms with Crippen LogP contribution in [0.25, 0.3) is 0 Å². The molecular weight excluding hydrogens is 453 g/mol. The highest BCUT2D eigenvalue weighted by Crippen LogP contribution is 2.06. The molecule has 25 heavy (non-hydrogen) atoms. The molecule has 0 fully saturated rings. The van der Waals surface area contributed by atoms with Gasteiger partial charge in [-0.25, -0.2) is 4.99 Å². The molecule has 0 saturated carbocycles. The standard InChI is InChI=1S/C16H25N5O2S.HI/c1-3-18-16(19-8-9-24-2)21-10-12-4-6-13(7-5-12)15(23)20-11-14(17)22;/h4-7H,3,8-11H2,1-2H3,(H2,17,22)(H,20,23)(H2,18,19,21);1H. The molecule has 2 amide bonds. The van der Waals surface area contributed by atoms with E-state index in [-0.39, 0.29) is 36.4 Å². The molecule has 7 nitrogen and oxygen atoms in total. The minimum Gasteiger partial charge on any atom is -0.368 e. The Bertz CT molecular complexity index is 566. The van der Waals surface area contributed by atoms with Gasteiger partial charge in [0, 0.05) is 24.4 Å². The molecule has 1 rings (SSSR count). The first-order chi connectivity index (χ1) is 11.6. The summed E-state index contributed by atoms with van der Waals surface area (Å²) in [7, 11) is 0. The van der Waals surface area contributed by atoms with Gasteiger partial charge in [-0.3, -0.25) is 9.59 Å². The highest BCUT2D eigenvalue weighted by Gasteiger charge is 2.06. The maximum atomic E-state index is 11.8. The van der Waals surface area contributed by atoms with E-state index in [2.05, 4.69) is 27.2 Å². The van der Waals surface area contributed by atoms with Crippen LogP contribution in [-0.4, -0.2) is 49.4 Å². The molecule has 0 aliphatic heterocycles. The summed E-state index contributed by atoms with van der Waals surface area (Å²) in [5.41, 5.74) is 6.47. The van der Waals surface area contributed by atoms with E-state index in [4.69, 9.17) is 5.73 Å². The number of hydrogen-bond acceptors (Lipinski definition) is 4. The van der Waals surface area contributed by atoms with Crippen LogP contribution in [0.15, 0.2) is 29.3 Å². The van der Waals surface area contributed by atoms with E-state index in [1.165, 1.54) is 0 Å². The van der Waals surface area contributed by atoms with Gasteiger partial charge in [0.25, 0.3) is 5.91 Å². The number of aliphatic imine (C=N–C) groups is 1. The van der Waals surface area contributed by atoms with Gasteiger partial charge in [0.15, 0.2) is 5.96 Å². The van der Waals surface area contributed by atoms with Crippen molar-refractivity contribution in [2.24, 2.45) is 10.7 Å². The normalized spacial score (nSPS) is 10.6. The highest BCUT2D eigenvalue weighted by atomic mass is 127. The number of hydrogen-bond donors (Lipinski definition) is 4. The van der Waals surface area contributed by atoms with E-state index in [0.717, 1.165) is 30.4 Å². The Balaban J connectivity index is 0.00000576. The van der Waals surface area contributed by atoms with Gasteiger partial charge < -0.3 is 21.7 Å². The average molecular weight is 479 g/mol. The molecule has 0 aliphatic rings. The predicted molar refractivity (Wildman–Crippen MR) is 115 cm³/mol. The van der Waals surface area contributed by atoms with Gasteiger partial charge in [0.1, 0.15) is 0 Å². The topological polar surface area (TPSA) is 109 Å². The summed E-state index contributed by atoms with van der Waals surface area (Å²) in [6.07, 6.45) is 2.06. The van der Waals surface area contributed by atoms with Crippen LogP contribution < -0.4 is 21.7 Å². The van der Waals surface area contributed by atoms with Gasteiger partial charge in [0.05, 0.1) is 13.1 Å². The molecule has 0 heterocycles. The van der Waals surface area contributed by atoms with Gasteiger partial charge in [-0.1, -0.05) is 12.1 Å². The van der Waals surface area contributed by atoms with Gasteiger partial charge in [-0.2, -0.15) is 11.8 Å². The number of guanidine groups is 1. The minimum atomic E-state index is -0.570. The Morgan fingerprint density at radius 2 is 1.84 bits per heavy atom. The van der Waals surface area contributed by atoms with Crippen molar-refractivity contribution in [3.8, 4) is 0 Å². The van der Waals surface area contributed by atoms with Crippen molar-refractivity contribution in [1.82, 2.24) is 16.0 Å². The number of primary amides is 1. The maximum Gasteiger partial charge on any atom is 0.251 e. The number of carbonyl (C=O) groups is 2. The predicted octanol–water partition coefficient (Wildman–Crippen LogP) is 0.938. The van der Waals surface area contributed by atoms with E-state index >= 15 is 0 Å². The third-order valence-corrected chi connectivity index (χ3v) is 3.61. The van der Waals surface area contributed by atoms with Gasteiger partial charge >= 0.3 is 0 Å². The minimum absolute atomic E-state index is 0. The fraction of sp³-hybridized carbons (Fsp3) is 0.438. The van der Waals surface area contributed by atoms with E-state index in [1.54, 1.807) is 23.9 Å². The number of amides is 2. The summed E-state index contributed by atoms with van der Waals surface area (Å²) in [4.78, 5) is 27.0. The van der Waals surface area contributed by atoms with Crippen LogP contribution in [0.2, 0.25) is 0 Å². The fourth-order valence-electron chi connectivity index (χ4n) is 1.81. The van der Waals surface area contributed by atoms with E-state index < -0.39 is 5.91 Å². The maximum absolute atomic E-state index is 11.8. The third kappa shape index (κ3) is 10.2. The number of benzene rings is 1. The largest absolute Gasteiger partial charge is 0.368 e. The first-order valence-corrected chi connectivity index (χ1v) is 9.12. The second-order valence-electron chi connectivity index (χ2n) is 4.96. The van der Waals surface area contributed by atoms with Crippen molar-refractivity contribution >= 4 is 53.5 Å². The van der Waals surface area contributed by atoms with E-state index in [9.17, 15) is 9.59 Å². The molecular formula is C16H26IN5O2S. The molecule has 9 heteroatoms. The Morgan fingerprint density at radius 1 is 1.16 bits per heavy atom. The number of rotatable bonds is 9. The molecule has 0 bridgehead atoms. The molecule has 1 aromatic carbocycles. The Hall–Kier alpha value is -1.49. The second-order valence-corrected chi connectivity index (χ2v) is 5.95. The smallest absolute Gasteiger partial charge is 0.251 e. The van der Waals surface area contributed by atoms with Crippen molar-refractivity contribution in [2.45, 2.75) is 13.5 Å². The number of carbonyl (C=O) groups excluding carboxylic acids is 2. The number of nitrogens with one attached hydrogen (secondary N) is 3. The lowest BCUT2D eigenvalue weighted by Gasteiger charge is -2.10. The van der Waals surface area contributed by atoms with Crippen LogP contribution in [0, 0.1) is 0 Å². The van der Waals surface area contributed by atoms with Crippen molar-refractivity contribution in [1.29, 1.82) is 0 Å². The van der Waals surface area contributed by atoms with Crippen LogP contribution in [0.1, 0.15) is 22.8 Å². The lowest BCUT2D eigenvalue weighted by Crippen LogP contribution is -2.38. The van der Waals surface area contributed by atoms with Crippen LogP contribution in [0.3, 0.4) is 0 Å². The van der Waals surface area contributed by atoms with Crippen molar-refractivity contribution < 1.29 is 9.59 Å². The SMILES string of the molecule is CCNC(=NCc1ccc(C(=O)NCC(N)=O)cc1)NCCSC.I. The van der Waals surface area contributed by atoms with E-state index in [0.29, 0.717) is 12.1 Å². The quantitative estimate of drug-likeness (QED) is 0.183. The van der Waals surface area contributed by atoms with Gasteiger partial charge in [-0.05, 0) is 30.9 Å². The highest BCUT2D eigenvalue weighted by molar-refractivity contribution is 14.0. The molecule has 0 radical (unpaired) electrons. The molecule has 0 saturated heterocycles. The zero-order valence-corrected chi connectivity index (χ0v) is 17.6. The molecule has 0 unspecified atom stereocenters. The summed E-state index contributed by atoms with van der Waals surface area (Å²) < 4.78 is 0. The number of halogens is 1. The average Bonchev–Trinajstić information content (AvgIpc) is 2.58. The monoisotopic (exact) mass is 479 g/mol. The van der Waals surface area contributed by atoms with Crippen LogP contribution in [-0.2, 0) is 11.3 Å². The second kappa shape index (κ2) is 13.8. The molecule has 0 aliphatic carbocycles. The molecule has 0 aromatic heterocycles. The molecule has 1 aromatic rings. The fourth-order valence-corrected chi connectivity index (χ4v) is 2.12. The van der Waals surface area contributed by atoms with Crippen molar-refractivity contribution in [3.63, 3.8) is 0 Å². The molecule has 0 atom stereocenters. The van der Waals surface area contributed by atoms with Crippen LogP contribution >= 0.6 is 35.7 Å². The summed E-state index contributed by atoms with van der Waals surface area (Å²) >= 11 is 1.77. The number of thioether (sulfide) groups is 1. The number of nitrogens with two attached hydrogens (primary N) is 1. The van der Waals surface area contributed by atoms with Crippen LogP contribution in [0.4, 0.5) is 0 Å². The first-order valence-electron chi connectivity index (χ1n) is 7.73. The summed E-state index contributed by atoms with van der Waals surface area (Å²) in [6.45, 7) is 4.01. The third-order valence-electron chi connectivity index (χ3n) is 3.00. The van der Waals surface area contributed by atoms with Crippen molar-refractivity contribution in [2.75, 3.05) is 31.6 Å². The molecule has 140 valence electrons. The van der Waals surface area contributed by atoms with Gasteiger partial charge in [-0.15, -0.1) is 24.0 Å². The number of nitrogens with zero attached hydrogens (tertiary/aromatic N) is 1. The zero-order valence-electron chi connectivity index (χ0n) is 14.5. The first kappa shape index (κ1) is 23.5. The Labute approximate surface area is 170 Å². The van der Waals surface area contributed by atoms with Crippen LogP contribution in [0.5, 0.6) is 0 Å². The lowest BCUT2D eigenvalue weighted by molar-refractivity contribution is -0.117. The summed E-state index contributed by atoms with van der Waals surface area (Å²) in [5.74, 6) is 0.893. The lowest BCUT2D eigenvalue weighted by atomic mass is 10.1. The molecule has 0 spiro atoms. The molecule has 5 N–H and O–H groups in total. The van der Waals surface area contributed by atoms with Crippen molar-refractivity contribution in [3.05, 3.63) is 35.4 Å². The summed E-state index contributed by atoms with van der Waals surface area (Å²) in [5, 5.41) is 8.90. The van der Waals surface area contributed by atoms with E-state index in [1.807, 2.05) is 19.1 Å². The zero-order chi connectivity index (χ0) is 17.8. The Morgan fingerprint density at radius 3 is 2.40 bits per heavy atom. The summed E-state index contributed by atoms with van der Waals surface area (Å²) in [6, 6.07) is 7.09.